The lowest BCUT2D eigenvalue weighted by atomic mass is 10.0. The van der Waals surface area contributed by atoms with Crippen molar-refractivity contribution in [3.63, 3.8) is 0 Å². The highest BCUT2D eigenvalue weighted by Gasteiger charge is 2.28. The average Bonchev–Trinajstić information content (AvgIpc) is 2.86. The molecule has 2 atom stereocenters. The van der Waals surface area contributed by atoms with Gasteiger partial charge in [-0.05, 0) is 52.5 Å². The average molecular weight is 341 g/mol. The Morgan fingerprint density at radius 3 is 2.90 bits per heavy atom. The van der Waals surface area contributed by atoms with Crippen LogP contribution in [-0.2, 0) is 0 Å². The molecule has 4 nitrogen and oxygen atoms in total. The van der Waals surface area contributed by atoms with Gasteiger partial charge in [-0.15, -0.1) is 0 Å². The van der Waals surface area contributed by atoms with E-state index < -0.39 is 0 Å². The molecule has 20 heavy (non-hydrogen) atoms. The van der Waals surface area contributed by atoms with Gasteiger partial charge in [-0.2, -0.15) is 0 Å². The molecule has 2 N–H and O–H groups in total. The topological polar surface area (TPSA) is 47.7 Å². The summed E-state index contributed by atoms with van der Waals surface area (Å²) in [7, 11) is 0. The highest BCUT2D eigenvalue weighted by Crippen LogP contribution is 2.41. The Hall–Kier alpha value is -0.780. The molecule has 0 bridgehead atoms. The number of nitrogens with two attached hydrogens (primary N) is 1. The lowest BCUT2D eigenvalue weighted by Gasteiger charge is -2.29. The highest BCUT2D eigenvalue weighted by molar-refractivity contribution is 9.10. The molecule has 3 rings (SSSR count). The summed E-state index contributed by atoms with van der Waals surface area (Å²) in [4.78, 5) is 2.47. The van der Waals surface area contributed by atoms with Crippen LogP contribution in [0.2, 0.25) is 0 Å². The van der Waals surface area contributed by atoms with Gasteiger partial charge in [0.15, 0.2) is 11.5 Å². The predicted molar refractivity (Wildman–Crippen MR) is 82.3 cm³/mol. The first-order chi connectivity index (χ1) is 9.69. The number of ether oxygens (including phenoxy) is 2. The lowest BCUT2D eigenvalue weighted by Crippen LogP contribution is -2.32. The van der Waals surface area contributed by atoms with E-state index in [1.54, 1.807) is 0 Å². The number of rotatable bonds is 3. The van der Waals surface area contributed by atoms with Crippen LogP contribution in [0, 0.1) is 5.92 Å². The second kappa shape index (κ2) is 5.92. The van der Waals surface area contributed by atoms with E-state index in [0.29, 0.717) is 19.8 Å². The molecule has 0 saturated carbocycles. The van der Waals surface area contributed by atoms with Gasteiger partial charge in [0, 0.05) is 19.1 Å². The molecule has 2 unspecified atom stereocenters. The number of hydrogen-bond donors (Lipinski definition) is 1. The minimum Gasteiger partial charge on any atom is -0.486 e. The fourth-order valence-electron chi connectivity index (χ4n) is 3.07. The van der Waals surface area contributed by atoms with Gasteiger partial charge in [-0.3, -0.25) is 4.90 Å². The number of hydrogen-bond acceptors (Lipinski definition) is 4. The van der Waals surface area contributed by atoms with Gasteiger partial charge in [0.2, 0.25) is 0 Å². The number of halogens is 1. The largest absolute Gasteiger partial charge is 0.486 e. The summed E-state index contributed by atoms with van der Waals surface area (Å²) < 4.78 is 12.3. The van der Waals surface area contributed by atoms with Crippen molar-refractivity contribution < 1.29 is 9.47 Å². The van der Waals surface area contributed by atoms with Crippen molar-refractivity contribution in [3.05, 3.63) is 22.2 Å². The van der Waals surface area contributed by atoms with E-state index in [1.165, 1.54) is 12.0 Å². The first-order valence-corrected chi connectivity index (χ1v) is 8.01. The van der Waals surface area contributed by atoms with Crippen LogP contribution in [-0.4, -0.2) is 37.7 Å². The molecule has 0 amide bonds. The van der Waals surface area contributed by atoms with Gasteiger partial charge in [-0.1, -0.05) is 6.92 Å². The van der Waals surface area contributed by atoms with Crippen molar-refractivity contribution in [2.24, 2.45) is 11.7 Å². The molecule has 2 heterocycles. The molecule has 0 spiro atoms. The van der Waals surface area contributed by atoms with Crippen molar-refractivity contribution >= 4 is 15.9 Å². The summed E-state index contributed by atoms with van der Waals surface area (Å²) in [6, 6.07) is 4.46. The fourth-order valence-corrected chi connectivity index (χ4v) is 3.65. The van der Waals surface area contributed by atoms with E-state index in [2.05, 4.69) is 39.9 Å². The van der Waals surface area contributed by atoms with Crippen LogP contribution in [0.25, 0.3) is 0 Å². The Morgan fingerprint density at radius 1 is 1.40 bits per heavy atom. The standard InChI is InChI=1S/C15H21BrN2O2/c1-10-2-3-18(9-10)13(8-17)11-6-12(16)15-14(7-11)19-4-5-20-15/h6-7,10,13H,2-5,8-9,17H2,1H3. The molecular weight excluding hydrogens is 320 g/mol. The first-order valence-electron chi connectivity index (χ1n) is 7.22. The van der Waals surface area contributed by atoms with E-state index in [9.17, 15) is 0 Å². The lowest BCUT2D eigenvalue weighted by molar-refractivity contribution is 0.169. The van der Waals surface area contributed by atoms with Crippen LogP contribution < -0.4 is 15.2 Å². The zero-order valence-corrected chi connectivity index (χ0v) is 13.4. The molecule has 1 fully saturated rings. The van der Waals surface area contributed by atoms with Crippen molar-refractivity contribution in [3.8, 4) is 11.5 Å². The van der Waals surface area contributed by atoms with Crippen molar-refractivity contribution in [1.29, 1.82) is 0 Å². The summed E-state index contributed by atoms with van der Waals surface area (Å²) in [5.74, 6) is 2.39. The van der Waals surface area contributed by atoms with Crippen LogP contribution in [0.3, 0.4) is 0 Å². The maximum Gasteiger partial charge on any atom is 0.175 e. The third-order valence-corrected chi connectivity index (χ3v) is 4.71. The molecule has 0 aliphatic carbocycles. The number of nitrogens with zero attached hydrogens (tertiary/aromatic N) is 1. The molecule has 5 heteroatoms. The molecule has 2 aliphatic rings. The van der Waals surface area contributed by atoms with Crippen LogP contribution in [0.1, 0.15) is 24.9 Å². The Morgan fingerprint density at radius 2 is 2.20 bits per heavy atom. The van der Waals surface area contributed by atoms with E-state index >= 15 is 0 Å². The maximum atomic E-state index is 6.03. The molecule has 0 radical (unpaired) electrons. The minimum atomic E-state index is 0.257. The molecule has 1 saturated heterocycles. The van der Waals surface area contributed by atoms with E-state index in [-0.39, 0.29) is 6.04 Å². The van der Waals surface area contributed by atoms with Crippen LogP contribution in [0.15, 0.2) is 16.6 Å². The molecule has 1 aromatic rings. The van der Waals surface area contributed by atoms with Gasteiger partial charge >= 0.3 is 0 Å². The van der Waals surface area contributed by atoms with Crippen LogP contribution in [0.4, 0.5) is 0 Å². The second-order valence-electron chi connectivity index (χ2n) is 5.67. The zero-order valence-electron chi connectivity index (χ0n) is 11.8. The quantitative estimate of drug-likeness (QED) is 0.918. The number of benzene rings is 1. The normalized spacial score (nSPS) is 23.9. The summed E-state index contributed by atoms with van der Waals surface area (Å²) in [5.41, 5.74) is 7.23. The van der Waals surface area contributed by atoms with Crippen molar-refractivity contribution in [2.75, 3.05) is 32.8 Å². The number of likely N-dealkylation sites (tertiary alicyclic amines) is 1. The molecular formula is C15H21BrN2O2. The van der Waals surface area contributed by atoms with Gasteiger partial charge < -0.3 is 15.2 Å². The summed E-state index contributed by atoms with van der Waals surface area (Å²) in [6.07, 6.45) is 1.25. The maximum absolute atomic E-state index is 6.03. The third kappa shape index (κ3) is 2.67. The molecule has 2 aliphatic heterocycles. The van der Waals surface area contributed by atoms with E-state index in [4.69, 9.17) is 15.2 Å². The van der Waals surface area contributed by atoms with Gasteiger partial charge in [0.05, 0.1) is 4.47 Å². The van der Waals surface area contributed by atoms with Crippen molar-refractivity contribution in [2.45, 2.75) is 19.4 Å². The minimum absolute atomic E-state index is 0.257. The Balaban J connectivity index is 1.90. The van der Waals surface area contributed by atoms with E-state index in [0.717, 1.165) is 35.0 Å². The first kappa shape index (κ1) is 14.2. The predicted octanol–water partition coefficient (Wildman–Crippen LogP) is 2.56. The van der Waals surface area contributed by atoms with Gasteiger partial charge in [-0.25, -0.2) is 0 Å². The Labute approximate surface area is 128 Å². The SMILES string of the molecule is CC1CCN(C(CN)c2cc(Br)c3c(c2)OCCO3)C1. The number of fused-ring (bicyclic) bond motifs is 1. The summed E-state index contributed by atoms with van der Waals surface area (Å²) in [6.45, 7) is 6.38. The fraction of sp³-hybridized carbons (Fsp3) is 0.600. The highest BCUT2D eigenvalue weighted by atomic mass is 79.9. The monoisotopic (exact) mass is 340 g/mol. The van der Waals surface area contributed by atoms with Crippen LogP contribution in [0.5, 0.6) is 11.5 Å². The molecule has 110 valence electrons. The Kier molecular flexibility index (Phi) is 4.19. The zero-order chi connectivity index (χ0) is 14.1. The van der Waals surface area contributed by atoms with E-state index in [1.807, 2.05) is 0 Å². The summed E-state index contributed by atoms with van der Waals surface area (Å²) in [5, 5.41) is 0. The molecule has 0 aromatic heterocycles. The third-order valence-electron chi connectivity index (χ3n) is 4.12. The molecule has 1 aromatic carbocycles. The second-order valence-corrected chi connectivity index (χ2v) is 6.52. The van der Waals surface area contributed by atoms with Crippen LogP contribution >= 0.6 is 15.9 Å². The van der Waals surface area contributed by atoms with Crippen molar-refractivity contribution in [1.82, 2.24) is 4.90 Å². The summed E-state index contributed by atoms with van der Waals surface area (Å²) >= 11 is 3.59. The van der Waals surface area contributed by atoms with Gasteiger partial charge in [0.25, 0.3) is 0 Å². The van der Waals surface area contributed by atoms with Gasteiger partial charge in [0.1, 0.15) is 13.2 Å². The Bertz CT molecular complexity index is 495. The smallest absolute Gasteiger partial charge is 0.175 e.